The summed E-state index contributed by atoms with van der Waals surface area (Å²) in [6.45, 7) is 0.990. The van der Waals surface area contributed by atoms with E-state index in [1.807, 2.05) is 6.07 Å². The number of anilines is 1. The largest absolute Gasteiger partial charge is 0.497 e. The summed E-state index contributed by atoms with van der Waals surface area (Å²) < 4.78 is 10.5. The van der Waals surface area contributed by atoms with Gasteiger partial charge in [-0.1, -0.05) is 17.7 Å². The van der Waals surface area contributed by atoms with Gasteiger partial charge in [0.15, 0.2) is 0 Å². The van der Waals surface area contributed by atoms with Crippen molar-refractivity contribution in [3.63, 3.8) is 0 Å². The monoisotopic (exact) mass is 430 g/mol. The Morgan fingerprint density at radius 3 is 2.33 bits per heavy atom. The SMILES string of the molecule is COc1cc(OC)cc(C(=O)N2CCC3(CC2)NC(=O)N(c2cccc(Cl)c2)N3)c1. The number of benzene rings is 2. The van der Waals surface area contributed by atoms with Crippen molar-refractivity contribution in [2.45, 2.75) is 18.5 Å². The maximum Gasteiger partial charge on any atom is 0.338 e. The number of halogens is 1. The number of ether oxygens (including phenoxy) is 2. The predicted octanol–water partition coefficient (Wildman–Crippen LogP) is 3.02. The molecule has 0 radical (unpaired) electrons. The zero-order valence-electron chi connectivity index (χ0n) is 16.8. The van der Waals surface area contributed by atoms with E-state index >= 15 is 0 Å². The second kappa shape index (κ2) is 8.04. The van der Waals surface area contributed by atoms with Gasteiger partial charge in [0.05, 0.1) is 19.9 Å². The van der Waals surface area contributed by atoms with Crippen molar-refractivity contribution >= 4 is 29.2 Å². The van der Waals surface area contributed by atoms with E-state index < -0.39 is 5.66 Å². The number of hydrogen-bond acceptors (Lipinski definition) is 5. The lowest BCUT2D eigenvalue weighted by Gasteiger charge is -2.38. The molecule has 2 aromatic rings. The average Bonchev–Trinajstić information content (AvgIpc) is 3.09. The molecule has 2 aromatic carbocycles. The highest BCUT2D eigenvalue weighted by atomic mass is 35.5. The minimum absolute atomic E-state index is 0.0990. The number of piperidine rings is 1. The zero-order valence-corrected chi connectivity index (χ0v) is 17.5. The van der Waals surface area contributed by atoms with Crippen LogP contribution < -0.4 is 25.2 Å². The first-order chi connectivity index (χ1) is 14.4. The summed E-state index contributed by atoms with van der Waals surface area (Å²) in [6, 6.07) is 12.0. The molecule has 4 rings (SSSR count). The third-order valence-corrected chi connectivity index (χ3v) is 5.68. The normalized spacial score (nSPS) is 17.8. The third kappa shape index (κ3) is 3.88. The molecule has 3 amide bonds. The van der Waals surface area contributed by atoms with E-state index in [1.165, 1.54) is 5.01 Å². The topological polar surface area (TPSA) is 83.1 Å². The molecule has 158 valence electrons. The van der Waals surface area contributed by atoms with Crippen molar-refractivity contribution in [3.05, 3.63) is 53.1 Å². The van der Waals surface area contributed by atoms with Crippen LogP contribution >= 0.6 is 11.6 Å². The van der Waals surface area contributed by atoms with E-state index in [-0.39, 0.29) is 11.9 Å². The molecule has 2 fully saturated rings. The Balaban J connectivity index is 1.45. The predicted molar refractivity (Wildman–Crippen MR) is 113 cm³/mol. The van der Waals surface area contributed by atoms with Crippen molar-refractivity contribution in [3.8, 4) is 11.5 Å². The van der Waals surface area contributed by atoms with Crippen LogP contribution in [0.4, 0.5) is 10.5 Å². The molecular formula is C21H23ClN4O4. The molecule has 0 unspecified atom stereocenters. The first-order valence-electron chi connectivity index (χ1n) is 9.61. The highest BCUT2D eigenvalue weighted by molar-refractivity contribution is 6.30. The summed E-state index contributed by atoms with van der Waals surface area (Å²) in [5.74, 6) is 1.03. The van der Waals surface area contributed by atoms with Gasteiger partial charge in [-0.15, -0.1) is 0 Å². The van der Waals surface area contributed by atoms with Crippen molar-refractivity contribution in [1.29, 1.82) is 0 Å². The molecule has 0 aliphatic carbocycles. The number of carbonyl (C=O) groups is 2. The summed E-state index contributed by atoms with van der Waals surface area (Å²) in [5.41, 5.74) is 3.85. The first kappa shape index (κ1) is 20.3. The molecule has 0 atom stereocenters. The van der Waals surface area contributed by atoms with Gasteiger partial charge in [0.2, 0.25) is 0 Å². The minimum atomic E-state index is -0.595. The molecule has 0 saturated carbocycles. The number of methoxy groups -OCH3 is 2. The number of hydrogen-bond donors (Lipinski definition) is 2. The van der Waals surface area contributed by atoms with E-state index in [0.29, 0.717) is 53.7 Å². The van der Waals surface area contributed by atoms with Gasteiger partial charge in [-0.25, -0.2) is 15.2 Å². The summed E-state index contributed by atoms with van der Waals surface area (Å²) in [7, 11) is 3.10. The van der Waals surface area contributed by atoms with Gasteiger partial charge in [-0.2, -0.15) is 0 Å². The van der Waals surface area contributed by atoms with Crippen molar-refractivity contribution in [2.75, 3.05) is 32.3 Å². The fourth-order valence-corrected chi connectivity index (χ4v) is 3.98. The van der Waals surface area contributed by atoms with Crippen LogP contribution in [0.3, 0.4) is 0 Å². The third-order valence-electron chi connectivity index (χ3n) is 5.44. The van der Waals surface area contributed by atoms with Crippen LogP contribution in [0, 0.1) is 0 Å². The van der Waals surface area contributed by atoms with Gasteiger partial charge in [-0.05, 0) is 30.3 Å². The number of carbonyl (C=O) groups excluding carboxylic acids is 2. The Bertz CT molecular complexity index is 953. The van der Waals surface area contributed by atoms with Gasteiger partial charge < -0.3 is 19.7 Å². The van der Waals surface area contributed by atoms with Gasteiger partial charge in [0, 0.05) is 42.6 Å². The average molecular weight is 431 g/mol. The number of nitrogens with one attached hydrogen (secondary N) is 2. The van der Waals surface area contributed by atoms with E-state index in [9.17, 15) is 9.59 Å². The molecule has 2 aliphatic rings. The van der Waals surface area contributed by atoms with Crippen molar-refractivity contribution in [2.24, 2.45) is 0 Å². The second-order valence-electron chi connectivity index (χ2n) is 7.33. The second-order valence-corrected chi connectivity index (χ2v) is 7.77. The Morgan fingerprint density at radius 1 is 1.07 bits per heavy atom. The van der Waals surface area contributed by atoms with Gasteiger partial charge in [-0.3, -0.25) is 4.79 Å². The summed E-state index contributed by atoms with van der Waals surface area (Å²) >= 11 is 6.06. The number of amides is 3. The lowest BCUT2D eigenvalue weighted by atomic mass is 9.97. The molecule has 30 heavy (non-hydrogen) atoms. The molecule has 1 spiro atoms. The van der Waals surface area contributed by atoms with Gasteiger partial charge in [0.1, 0.15) is 17.2 Å². The quantitative estimate of drug-likeness (QED) is 0.779. The fourth-order valence-electron chi connectivity index (χ4n) is 3.79. The number of rotatable bonds is 4. The Hall–Kier alpha value is -2.97. The molecule has 9 heteroatoms. The highest BCUT2D eigenvalue weighted by Gasteiger charge is 2.45. The first-order valence-corrected chi connectivity index (χ1v) is 9.99. The smallest absolute Gasteiger partial charge is 0.338 e. The maximum absolute atomic E-state index is 13.0. The van der Waals surface area contributed by atoms with E-state index in [1.54, 1.807) is 55.5 Å². The zero-order chi connectivity index (χ0) is 21.3. The van der Waals surface area contributed by atoms with Gasteiger partial charge >= 0.3 is 6.03 Å². The lowest BCUT2D eigenvalue weighted by molar-refractivity contribution is 0.0640. The fraction of sp³-hybridized carbons (Fsp3) is 0.333. The van der Waals surface area contributed by atoms with Crippen LogP contribution in [0.5, 0.6) is 11.5 Å². The van der Waals surface area contributed by atoms with Crippen molar-refractivity contribution < 1.29 is 19.1 Å². The summed E-state index contributed by atoms with van der Waals surface area (Å²) in [4.78, 5) is 27.3. The van der Waals surface area contributed by atoms with E-state index in [0.717, 1.165) is 0 Å². The van der Waals surface area contributed by atoms with Crippen LogP contribution in [-0.2, 0) is 0 Å². The summed E-state index contributed by atoms with van der Waals surface area (Å²) in [6.07, 6.45) is 1.14. The molecule has 8 nitrogen and oxygen atoms in total. The summed E-state index contributed by atoms with van der Waals surface area (Å²) in [5, 5.41) is 5.05. The van der Waals surface area contributed by atoms with Crippen LogP contribution in [-0.4, -0.2) is 49.8 Å². The maximum atomic E-state index is 13.0. The lowest BCUT2D eigenvalue weighted by Crippen LogP contribution is -2.58. The molecular weight excluding hydrogens is 408 g/mol. The minimum Gasteiger partial charge on any atom is -0.497 e. The van der Waals surface area contributed by atoms with Crippen LogP contribution in [0.25, 0.3) is 0 Å². The Morgan fingerprint density at radius 2 is 1.73 bits per heavy atom. The molecule has 2 saturated heterocycles. The molecule has 0 aromatic heterocycles. The number of urea groups is 1. The van der Waals surface area contributed by atoms with Crippen LogP contribution in [0.1, 0.15) is 23.2 Å². The molecule has 2 heterocycles. The standard InChI is InChI=1S/C21H23ClN4O4/c1-29-17-10-14(11-18(13-17)30-2)19(27)25-8-6-21(7-9-25)23-20(28)26(24-21)16-5-3-4-15(22)12-16/h3-5,10-13,24H,6-9H2,1-2H3,(H,23,28). The Kier molecular flexibility index (Phi) is 5.44. The number of nitrogens with zero attached hydrogens (tertiary/aromatic N) is 2. The molecule has 2 N–H and O–H groups in total. The highest BCUT2D eigenvalue weighted by Crippen LogP contribution is 2.30. The Labute approximate surface area is 179 Å². The van der Waals surface area contributed by atoms with E-state index in [2.05, 4.69) is 10.7 Å². The van der Waals surface area contributed by atoms with Crippen LogP contribution in [0.15, 0.2) is 42.5 Å². The molecule has 0 bridgehead atoms. The molecule has 2 aliphatic heterocycles. The number of hydrazine groups is 1. The number of likely N-dealkylation sites (tertiary alicyclic amines) is 1. The van der Waals surface area contributed by atoms with Crippen LogP contribution in [0.2, 0.25) is 5.02 Å². The van der Waals surface area contributed by atoms with E-state index in [4.69, 9.17) is 21.1 Å². The van der Waals surface area contributed by atoms with Gasteiger partial charge in [0.25, 0.3) is 5.91 Å². The van der Waals surface area contributed by atoms with Crippen molar-refractivity contribution in [1.82, 2.24) is 15.6 Å².